The van der Waals surface area contributed by atoms with Crippen LogP contribution in [0, 0.1) is 0 Å². The third-order valence-corrected chi connectivity index (χ3v) is 2.82. The van der Waals surface area contributed by atoms with Gasteiger partial charge >= 0.3 is 0 Å². The van der Waals surface area contributed by atoms with Crippen LogP contribution in [-0.4, -0.2) is 18.3 Å². The number of rotatable bonds is 1. The fourth-order valence-electron chi connectivity index (χ4n) is 1.92. The third-order valence-electron chi connectivity index (χ3n) is 2.82. The van der Waals surface area contributed by atoms with E-state index in [1.165, 1.54) is 0 Å². The molecule has 1 aliphatic rings. The van der Waals surface area contributed by atoms with Gasteiger partial charge in [-0.25, -0.2) is 0 Å². The minimum absolute atomic E-state index is 0.129. The van der Waals surface area contributed by atoms with Crippen molar-refractivity contribution < 1.29 is 9.84 Å². The van der Waals surface area contributed by atoms with Crippen LogP contribution >= 0.6 is 0 Å². The minimum Gasteiger partial charge on any atom is -0.497 e. The van der Waals surface area contributed by atoms with Crippen molar-refractivity contribution in [2.75, 3.05) is 7.11 Å². The van der Waals surface area contributed by atoms with Crippen molar-refractivity contribution >= 4 is 0 Å². The number of fused-ring (bicyclic) bond motifs is 1. The van der Waals surface area contributed by atoms with Gasteiger partial charge in [-0.2, -0.15) is 0 Å². The average molecular weight is 193 g/mol. The standard InChI is InChI=1S/C11H15NO2/c1-14-8-3-4-9-7(6-8)2-5-10(12)11(9)13/h3-4,6,10-11,13H,2,5,12H2,1H3/t10-,11-/m1/s1. The summed E-state index contributed by atoms with van der Waals surface area (Å²) in [5.74, 6) is 0.839. The predicted octanol–water partition coefficient (Wildman–Crippen LogP) is 1.00. The summed E-state index contributed by atoms with van der Waals surface area (Å²) in [7, 11) is 1.65. The summed E-state index contributed by atoms with van der Waals surface area (Å²) in [4.78, 5) is 0. The van der Waals surface area contributed by atoms with Crippen molar-refractivity contribution in [3.63, 3.8) is 0 Å². The van der Waals surface area contributed by atoms with Crippen molar-refractivity contribution in [1.82, 2.24) is 0 Å². The molecule has 2 atom stereocenters. The molecule has 3 nitrogen and oxygen atoms in total. The number of aliphatic hydroxyl groups is 1. The summed E-state index contributed by atoms with van der Waals surface area (Å²) >= 11 is 0. The molecule has 3 heteroatoms. The molecule has 14 heavy (non-hydrogen) atoms. The van der Waals surface area contributed by atoms with E-state index in [1.54, 1.807) is 7.11 Å². The Kier molecular flexibility index (Phi) is 2.44. The van der Waals surface area contributed by atoms with Gasteiger partial charge in [-0.1, -0.05) is 6.07 Å². The number of benzene rings is 1. The first kappa shape index (κ1) is 9.49. The Bertz CT molecular complexity index is 338. The molecule has 0 heterocycles. The van der Waals surface area contributed by atoms with Gasteiger partial charge in [0.15, 0.2) is 0 Å². The molecule has 0 saturated heterocycles. The lowest BCUT2D eigenvalue weighted by molar-refractivity contribution is 0.133. The van der Waals surface area contributed by atoms with E-state index in [2.05, 4.69) is 0 Å². The molecule has 2 rings (SSSR count). The number of aryl methyl sites for hydroxylation is 1. The number of hydrogen-bond acceptors (Lipinski definition) is 3. The normalized spacial score (nSPS) is 25.6. The molecule has 0 spiro atoms. The van der Waals surface area contributed by atoms with Crippen molar-refractivity contribution in [3.05, 3.63) is 29.3 Å². The number of aliphatic hydroxyl groups excluding tert-OH is 1. The van der Waals surface area contributed by atoms with Gasteiger partial charge in [-0.05, 0) is 36.1 Å². The van der Waals surface area contributed by atoms with Gasteiger partial charge in [-0.15, -0.1) is 0 Å². The molecule has 0 bridgehead atoms. The first-order valence-electron chi connectivity index (χ1n) is 4.83. The molecule has 0 amide bonds. The molecule has 1 aromatic carbocycles. The Morgan fingerprint density at radius 1 is 1.50 bits per heavy atom. The molecule has 3 N–H and O–H groups in total. The fraction of sp³-hybridized carbons (Fsp3) is 0.455. The maximum absolute atomic E-state index is 9.83. The SMILES string of the molecule is COc1ccc2c(c1)CC[C@@H](N)[C@@H]2O. The molecule has 0 unspecified atom stereocenters. The lowest BCUT2D eigenvalue weighted by atomic mass is 9.86. The van der Waals surface area contributed by atoms with Crippen LogP contribution in [0.1, 0.15) is 23.7 Å². The van der Waals surface area contributed by atoms with E-state index in [1.807, 2.05) is 18.2 Å². The van der Waals surface area contributed by atoms with Crippen LogP contribution in [0.5, 0.6) is 5.75 Å². The average Bonchev–Trinajstić information content (AvgIpc) is 2.23. The van der Waals surface area contributed by atoms with E-state index in [0.29, 0.717) is 0 Å². The van der Waals surface area contributed by atoms with Gasteiger partial charge in [0.2, 0.25) is 0 Å². The lowest BCUT2D eigenvalue weighted by Gasteiger charge is -2.27. The Hall–Kier alpha value is -1.06. The fourth-order valence-corrected chi connectivity index (χ4v) is 1.92. The Labute approximate surface area is 83.5 Å². The van der Waals surface area contributed by atoms with E-state index < -0.39 is 6.10 Å². The highest BCUT2D eigenvalue weighted by molar-refractivity contribution is 5.39. The van der Waals surface area contributed by atoms with Gasteiger partial charge < -0.3 is 15.6 Å². The summed E-state index contributed by atoms with van der Waals surface area (Å²) in [6, 6.07) is 5.61. The van der Waals surface area contributed by atoms with Crippen LogP contribution < -0.4 is 10.5 Å². The summed E-state index contributed by atoms with van der Waals surface area (Å²) in [5.41, 5.74) is 7.88. The Morgan fingerprint density at radius 2 is 2.29 bits per heavy atom. The van der Waals surface area contributed by atoms with E-state index in [9.17, 15) is 5.11 Å². The molecule has 1 aromatic rings. The van der Waals surface area contributed by atoms with Crippen LogP contribution in [0.25, 0.3) is 0 Å². The van der Waals surface area contributed by atoms with Crippen molar-refractivity contribution in [3.8, 4) is 5.75 Å². The molecule has 0 saturated carbocycles. The zero-order valence-corrected chi connectivity index (χ0v) is 8.23. The van der Waals surface area contributed by atoms with Gasteiger partial charge in [0.25, 0.3) is 0 Å². The van der Waals surface area contributed by atoms with Gasteiger partial charge in [-0.3, -0.25) is 0 Å². The van der Waals surface area contributed by atoms with E-state index in [4.69, 9.17) is 10.5 Å². The zero-order chi connectivity index (χ0) is 10.1. The topological polar surface area (TPSA) is 55.5 Å². The van der Waals surface area contributed by atoms with Crippen molar-refractivity contribution in [2.24, 2.45) is 5.73 Å². The summed E-state index contributed by atoms with van der Waals surface area (Å²) < 4.78 is 5.13. The molecule has 0 fully saturated rings. The minimum atomic E-state index is -0.523. The second-order valence-corrected chi connectivity index (χ2v) is 3.71. The molecule has 1 aliphatic carbocycles. The van der Waals surface area contributed by atoms with Crippen LogP contribution in [0.4, 0.5) is 0 Å². The number of methoxy groups -OCH3 is 1. The smallest absolute Gasteiger partial charge is 0.119 e. The molecular formula is C11H15NO2. The van der Waals surface area contributed by atoms with E-state index in [0.717, 1.165) is 29.7 Å². The molecule has 76 valence electrons. The number of hydrogen-bond donors (Lipinski definition) is 2. The first-order valence-corrected chi connectivity index (χ1v) is 4.83. The highest BCUT2D eigenvalue weighted by Crippen LogP contribution is 2.31. The molecule has 0 radical (unpaired) electrons. The molecular weight excluding hydrogens is 178 g/mol. The van der Waals surface area contributed by atoms with Crippen LogP contribution in [0.15, 0.2) is 18.2 Å². The number of nitrogens with two attached hydrogens (primary N) is 1. The summed E-state index contributed by atoms with van der Waals surface area (Å²) in [5, 5.41) is 9.83. The van der Waals surface area contributed by atoms with Crippen LogP contribution in [0.2, 0.25) is 0 Å². The van der Waals surface area contributed by atoms with Crippen molar-refractivity contribution in [1.29, 1.82) is 0 Å². The van der Waals surface area contributed by atoms with Crippen molar-refractivity contribution in [2.45, 2.75) is 25.0 Å². The highest BCUT2D eigenvalue weighted by atomic mass is 16.5. The highest BCUT2D eigenvalue weighted by Gasteiger charge is 2.24. The van der Waals surface area contributed by atoms with Crippen LogP contribution in [-0.2, 0) is 6.42 Å². The first-order chi connectivity index (χ1) is 6.72. The number of ether oxygens (including phenoxy) is 1. The molecule has 0 aromatic heterocycles. The van der Waals surface area contributed by atoms with Gasteiger partial charge in [0.1, 0.15) is 5.75 Å². The van der Waals surface area contributed by atoms with Gasteiger partial charge in [0.05, 0.1) is 13.2 Å². The predicted molar refractivity (Wildman–Crippen MR) is 54.3 cm³/mol. The van der Waals surface area contributed by atoms with Gasteiger partial charge in [0, 0.05) is 6.04 Å². The second kappa shape index (κ2) is 3.59. The monoisotopic (exact) mass is 193 g/mol. The maximum Gasteiger partial charge on any atom is 0.119 e. The second-order valence-electron chi connectivity index (χ2n) is 3.71. The van der Waals surface area contributed by atoms with E-state index in [-0.39, 0.29) is 6.04 Å². The maximum atomic E-state index is 9.83. The summed E-state index contributed by atoms with van der Waals surface area (Å²) in [6.07, 6.45) is 1.23. The van der Waals surface area contributed by atoms with E-state index >= 15 is 0 Å². The lowest BCUT2D eigenvalue weighted by Crippen LogP contribution is -2.32. The molecule has 0 aliphatic heterocycles. The third kappa shape index (κ3) is 1.49. The largest absolute Gasteiger partial charge is 0.497 e. The Balaban J connectivity index is 2.38. The zero-order valence-electron chi connectivity index (χ0n) is 8.23. The Morgan fingerprint density at radius 3 is 3.00 bits per heavy atom. The quantitative estimate of drug-likeness (QED) is 0.699. The summed E-state index contributed by atoms with van der Waals surface area (Å²) in [6.45, 7) is 0. The van der Waals surface area contributed by atoms with Crippen LogP contribution in [0.3, 0.4) is 0 Å².